The lowest BCUT2D eigenvalue weighted by Crippen LogP contribution is -2.28. The third-order valence-corrected chi connectivity index (χ3v) is 6.65. The molecule has 1 unspecified atom stereocenters. The van der Waals surface area contributed by atoms with Crippen LogP contribution in [0.3, 0.4) is 0 Å². The number of hydrogen-bond donors (Lipinski definition) is 2. The van der Waals surface area contributed by atoms with Crippen LogP contribution in [0.1, 0.15) is 17.8 Å². The van der Waals surface area contributed by atoms with Gasteiger partial charge < -0.3 is 5.73 Å². The van der Waals surface area contributed by atoms with Crippen molar-refractivity contribution in [2.45, 2.75) is 17.7 Å². The van der Waals surface area contributed by atoms with E-state index >= 15 is 0 Å². The number of sulfonamides is 1. The highest BCUT2D eigenvalue weighted by Crippen LogP contribution is 2.31. The van der Waals surface area contributed by atoms with E-state index in [2.05, 4.69) is 41.6 Å². The number of benzene rings is 1. The fourth-order valence-corrected chi connectivity index (χ4v) is 5.63. The number of halogens is 2. The Morgan fingerprint density at radius 3 is 2.71 bits per heavy atom. The summed E-state index contributed by atoms with van der Waals surface area (Å²) in [6, 6.07) is 3.21. The van der Waals surface area contributed by atoms with Crippen molar-refractivity contribution in [3.05, 3.63) is 37.7 Å². The number of nitrogen functional groups attached to an aromatic ring is 1. The van der Waals surface area contributed by atoms with Gasteiger partial charge in [0.05, 0.1) is 10.7 Å². The number of hydrogen-bond acceptors (Lipinski definition) is 5. The summed E-state index contributed by atoms with van der Waals surface area (Å²) in [7, 11) is -3.69. The molecule has 1 aromatic heterocycles. The van der Waals surface area contributed by atoms with Crippen molar-refractivity contribution in [2.75, 3.05) is 12.3 Å². The third kappa shape index (κ3) is 4.04. The molecule has 0 saturated heterocycles. The van der Waals surface area contributed by atoms with Crippen molar-refractivity contribution in [3.63, 3.8) is 0 Å². The molecule has 0 aliphatic carbocycles. The molecule has 0 aliphatic rings. The quantitative estimate of drug-likeness (QED) is 0.678. The molecule has 1 heterocycles. The minimum Gasteiger partial charge on any atom is -0.398 e. The van der Waals surface area contributed by atoms with Gasteiger partial charge >= 0.3 is 0 Å². The maximum absolute atomic E-state index is 12.4. The molecule has 0 spiro atoms. The van der Waals surface area contributed by atoms with Crippen molar-refractivity contribution in [1.29, 1.82) is 0 Å². The standard InChI is InChI=1S/C12H13Br2N3O2S2/c1-7(12-16-2-3-20-12)6-17-21(18,19)11-9(14)4-8(13)5-10(11)15/h2-5,7,17H,6,15H2,1H3. The Hall–Kier alpha value is -0.480. The summed E-state index contributed by atoms with van der Waals surface area (Å²) < 4.78 is 28.5. The Morgan fingerprint density at radius 2 is 2.14 bits per heavy atom. The van der Waals surface area contributed by atoms with Gasteiger partial charge in [0.15, 0.2) is 0 Å². The number of nitrogens with zero attached hydrogens (tertiary/aromatic N) is 1. The van der Waals surface area contributed by atoms with Crippen LogP contribution in [0.15, 0.2) is 37.6 Å². The highest BCUT2D eigenvalue weighted by atomic mass is 79.9. The van der Waals surface area contributed by atoms with Crippen LogP contribution >= 0.6 is 43.2 Å². The number of rotatable bonds is 5. The van der Waals surface area contributed by atoms with Crippen molar-refractivity contribution in [1.82, 2.24) is 9.71 Å². The van der Waals surface area contributed by atoms with E-state index in [4.69, 9.17) is 5.73 Å². The van der Waals surface area contributed by atoms with E-state index in [0.717, 1.165) is 5.01 Å². The zero-order valence-electron chi connectivity index (χ0n) is 11.0. The maximum atomic E-state index is 12.4. The minimum absolute atomic E-state index is 0.00442. The SMILES string of the molecule is CC(CNS(=O)(=O)c1c(N)cc(Br)cc1Br)c1nccs1. The van der Waals surface area contributed by atoms with Gasteiger partial charge in [0.1, 0.15) is 4.90 Å². The van der Waals surface area contributed by atoms with Gasteiger partial charge in [-0.15, -0.1) is 11.3 Å². The van der Waals surface area contributed by atoms with Crippen LogP contribution < -0.4 is 10.5 Å². The van der Waals surface area contributed by atoms with E-state index in [-0.39, 0.29) is 23.0 Å². The summed E-state index contributed by atoms with van der Waals surface area (Å²) >= 11 is 8.01. The van der Waals surface area contributed by atoms with Crippen LogP contribution in [0.25, 0.3) is 0 Å². The molecule has 21 heavy (non-hydrogen) atoms. The van der Waals surface area contributed by atoms with Crippen LogP contribution in [-0.4, -0.2) is 19.9 Å². The van der Waals surface area contributed by atoms with Gasteiger partial charge in [-0.1, -0.05) is 22.9 Å². The Bertz CT molecular complexity index is 710. The molecule has 0 amide bonds. The van der Waals surface area contributed by atoms with Gasteiger partial charge in [-0.05, 0) is 28.1 Å². The van der Waals surface area contributed by atoms with E-state index in [0.29, 0.717) is 8.95 Å². The molecule has 0 saturated carbocycles. The van der Waals surface area contributed by atoms with Gasteiger partial charge in [0.2, 0.25) is 10.0 Å². The van der Waals surface area contributed by atoms with E-state index in [1.54, 1.807) is 18.3 Å². The zero-order valence-corrected chi connectivity index (χ0v) is 15.8. The van der Waals surface area contributed by atoms with Gasteiger partial charge in [0.25, 0.3) is 0 Å². The lowest BCUT2D eigenvalue weighted by molar-refractivity contribution is 0.574. The molecule has 5 nitrogen and oxygen atoms in total. The number of nitrogens with two attached hydrogens (primary N) is 1. The number of aromatic nitrogens is 1. The van der Waals surface area contributed by atoms with E-state index in [9.17, 15) is 8.42 Å². The Balaban J connectivity index is 2.20. The first kappa shape index (κ1) is 16.9. The van der Waals surface area contributed by atoms with Gasteiger partial charge in [-0.25, -0.2) is 18.1 Å². The van der Waals surface area contributed by atoms with Crippen LogP contribution in [0.2, 0.25) is 0 Å². The smallest absolute Gasteiger partial charge is 0.243 e. The van der Waals surface area contributed by atoms with Gasteiger partial charge in [-0.3, -0.25) is 0 Å². The second-order valence-corrected chi connectivity index (χ2v) is 8.83. The van der Waals surface area contributed by atoms with Crippen LogP contribution in [0.5, 0.6) is 0 Å². The Morgan fingerprint density at radius 1 is 1.43 bits per heavy atom. The maximum Gasteiger partial charge on any atom is 0.243 e. The van der Waals surface area contributed by atoms with Crippen molar-refractivity contribution in [2.24, 2.45) is 0 Å². The number of anilines is 1. The summed E-state index contributed by atoms with van der Waals surface area (Å²) in [4.78, 5) is 4.23. The molecule has 0 fully saturated rings. The molecule has 0 aliphatic heterocycles. The lowest BCUT2D eigenvalue weighted by Gasteiger charge is -2.13. The summed E-state index contributed by atoms with van der Waals surface area (Å²) in [5, 5.41) is 2.75. The number of thiazole rings is 1. The highest BCUT2D eigenvalue weighted by molar-refractivity contribution is 9.11. The minimum atomic E-state index is -3.69. The monoisotopic (exact) mass is 453 g/mol. The first-order chi connectivity index (χ1) is 9.81. The third-order valence-electron chi connectivity index (χ3n) is 2.76. The summed E-state index contributed by atoms with van der Waals surface area (Å²) in [5.74, 6) is -0.00442. The molecule has 2 aromatic rings. The normalized spacial score (nSPS) is 13.3. The molecule has 9 heteroatoms. The van der Waals surface area contributed by atoms with E-state index in [1.807, 2.05) is 12.3 Å². The lowest BCUT2D eigenvalue weighted by atomic mass is 10.2. The van der Waals surface area contributed by atoms with Crippen molar-refractivity contribution < 1.29 is 8.42 Å². The topological polar surface area (TPSA) is 85.1 Å². The predicted molar refractivity (Wildman–Crippen MR) is 92.0 cm³/mol. The Kier molecular flexibility index (Phi) is 5.42. The molecule has 0 bridgehead atoms. The molecule has 0 radical (unpaired) electrons. The average Bonchev–Trinajstić information content (AvgIpc) is 2.88. The first-order valence-corrected chi connectivity index (χ1v) is 9.89. The molecular weight excluding hydrogens is 442 g/mol. The van der Waals surface area contributed by atoms with Gasteiger partial charge in [-0.2, -0.15) is 0 Å². The second kappa shape index (κ2) is 6.74. The molecule has 1 atom stereocenters. The fraction of sp³-hybridized carbons (Fsp3) is 0.250. The summed E-state index contributed by atoms with van der Waals surface area (Å²) in [6.07, 6.45) is 1.70. The summed E-state index contributed by atoms with van der Waals surface area (Å²) in [5.41, 5.74) is 6.01. The van der Waals surface area contributed by atoms with E-state index in [1.165, 1.54) is 11.3 Å². The Labute approximate surface area is 144 Å². The molecule has 2 rings (SSSR count). The summed E-state index contributed by atoms with van der Waals surface area (Å²) in [6.45, 7) is 2.18. The molecule has 114 valence electrons. The molecule has 1 aromatic carbocycles. The van der Waals surface area contributed by atoms with E-state index < -0.39 is 10.0 Å². The molecular formula is C12H13Br2N3O2S2. The highest BCUT2D eigenvalue weighted by Gasteiger charge is 2.22. The number of nitrogens with one attached hydrogen (secondary N) is 1. The largest absolute Gasteiger partial charge is 0.398 e. The predicted octanol–water partition coefficient (Wildman–Crippen LogP) is 3.33. The average molecular weight is 455 g/mol. The van der Waals surface area contributed by atoms with Crippen LogP contribution in [-0.2, 0) is 10.0 Å². The molecule has 3 N–H and O–H groups in total. The zero-order chi connectivity index (χ0) is 15.6. The van der Waals surface area contributed by atoms with Crippen LogP contribution in [0, 0.1) is 0 Å². The fourth-order valence-electron chi connectivity index (χ4n) is 1.74. The van der Waals surface area contributed by atoms with Crippen LogP contribution in [0.4, 0.5) is 5.69 Å². The van der Waals surface area contributed by atoms with Crippen molar-refractivity contribution >= 4 is 58.9 Å². The first-order valence-electron chi connectivity index (χ1n) is 5.95. The second-order valence-electron chi connectivity index (χ2n) is 4.43. The van der Waals surface area contributed by atoms with Gasteiger partial charge in [0, 0.05) is 33.0 Å². The van der Waals surface area contributed by atoms with Crippen molar-refractivity contribution in [3.8, 4) is 0 Å².